The van der Waals surface area contributed by atoms with Crippen molar-refractivity contribution >= 4 is 15.9 Å². The summed E-state index contributed by atoms with van der Waals surface area (Å²) in [7, 11) is 0. The van der Waals surface area contributed by atoms with Gasteiger partial charge in [-0.15, -0.1) is 0 Å². The van der Waals surface area contributed by atoms with Crippen molar-refractivity contribution in [3.8, 4) is 0 Å². The Labute approximate surface area is 102 Å². The number of hydrogen-bond acceptors (Lipinski definition) is 3. The predicted octanol–water partition coefficient (Wildman–Crippen LogP) is 2.24. The molecule has 0 unspecified atom stereocenters. The number of benzene rings is 1. The maximum absolute atomic E-state index is 9.60. The zero-order chi connectivity index (χ0) is 11.1. The van der Waals surface area contributed by atoms with Gasteiger partial charge in [0, 0.05) is 10.4 Å². The Morgan fingerprint density at radius 3 is 2.69 bits per heavy atom. The highest BCUT2D eigenvalue weighted by molar-refractivity contribution is 9.10. The van der Waals surface area contributed by atoms with Gasteiger partial charge in [0.15, 0.2) is 6.29 Å². The van der Waals surface area contributed by atoms with Crippen LogP contribution in [0.25, 0.3) is 0 Å². The number of hydrogen-bond donors (Lipinski definition) is 1. The van der Waals surface area contributed by atoms with Crippen LogP contribution in [-0.2, 0) is 9.47 Å². The van der Waals surface area contributed by atoms with Crippen LogP contribution in [-0.4, -0.2) is 24.1 Å². The molecule has 1 aromatic carbocycles. The van der Waals surface area contributed by atoms with Crippen molar-refractivity contribution in [3.63, 3.8) is 0 Å². The number of ether oxygens (including phenoxy) is 2. The Morgan fingerprint density at radius 1 is 1.25 bits per heavy atom. The molecule has 86 valence electrons. The summed E-state index contributed by atoms with van der Waals surface area (Å²) in [6.07, 6.45) is 0.351. The summed E-state index contributed by atoms with van der Waals surface area (Å²) in [5.74, 6) is 0.133. The van der Waals surface area contributed by atoms with Crippen molar-refractivity contribution < 1.29 is 14.6 Å². The quantitative estimate of drug-likeness (QED) is 0.860. The van der Waals surface area contributed by atoms with Crippen LogP contribution in [0.4, 0.5) is 0 Å². The molecular weight excluding hydrogens is 272 g/mol. The van der Waals surface area contributed by atoms with Gasteiger partial charge in [0.1, 0.15) is 0 Å². The van der Waals surface area contributed by atoms with Gasteiger partial charge in [-0.3, -0.25) is 0 Å². The van der Waals surface area contributed by atoms with Gasteiger partial charge in [-0.05, 0) is 24.1 Å². The molecule has 16 heavy (non-hydrogen) atoms. The van der Waals surface area contributed by atoms with Crippen molar-refractivity contribution in [1.29, 1.82) is 0 Å². The van der Waals surface area contributed by atoms with E-state index in [1.54, 1.807) is 0 Å². The van der Waals surface area contributed by atoms with E-state index in [9.17, 15) is 5.11 Å². The summed E-state index contributed by atoms with van der Waals surface area (Å²) in [6, 6.07) is 8.14. The summed E-state index contributed by atoms with van der Waals surface area (Å²) < 4.78 is 12.1. The minimum Gasteiger partial charge on any atom is -0.368 e. The van der Waals surface area contributed by atoms with Crippen molar-refractivity contribution in [2.75, 3.05) is 6.61 Å². The first kappa shape index (κ1) is 10.7. The Kier molecular flexibility index (Phi) is 2.75. The van der Waals surface area contributed by atoms with Crippen LogP contribution in [0.2, 0.25) is 0 Å². The molecule has 2 aliphatic heterocycles. The fourth-order valence-electron chi connectivity index (χ4n) is 2.44. The Balaban J connectivity index is 1.76. The van der Waals surface area contributed by atoms with E-state index < -0.39 is 6.29 Å². The molecule has 0 spiro atoms. The molecule has 3 nitrogen and oxygen atoms in total. The monoisotopic (exact) mass is 284 g/mol. The lowest BCUT2D eigenvalue weighted by Gasteiger charge is -2.13. The van der Waals surface area contributed by atoms with E-state index in [0.717, 1.165) is 10.9 Å². The van der Waals surface area contributed by atoms with E-state index in [0.29, 0.717) is 6.61 Å². The first-order valence-corrected chi connectivity index (χ1v) is 6.24. The second-order valence-electron chi connectivity index (χ2n) is 4.34. The van der Waals surface area contributed by atoms with E-state index in [1.807, 2.05) is 12.1 Å². The molecule has 0 amide bonds. The molecule has 0 bridgehead atoms. The predicted molar refractivity (Wildman–Crippen MR) is 61.8 cm³/mol. The summed E-state index contributed by atoms with van der Waals surface area (Å²) in [6.45, 7) is 0.513. The minimum absolute atomic E-state index is 0.0589. The van der Waals surface area contributed by atoms with Gasteiger partial charge in [0.05, 0.1) is 18.8 Å². The smallest absolute Gasteiger partial charge is 0.160 e. The molecule has 0 aromatic heterocycles. The molecule has 0 aliphatic carbocycles. The molecule has 2 fully saturated rings. The molecular formula is C12H13BrO3. The molecule has 1 N–H and O–H groups in total. The van der Waals surface area contributed by atoms with Gasteiger partial charge in [-0.1, -0.05) is 28.1 Å². The lowest BCUT2D eigenvalue weighted by molar-refractivity contribution is -0.0883. The van der Waals surface area contributed by atoms with Gasteiger partial charge < -0.3 is 14.6 Å². The molecule has 4 heteroatoms. The van der Waals surface area contributed by atoms with Crippen LogP contribution < -0.4 is 0 Å². The first-order chi connectivity index (χ1) is 7.74. The molecule has 2 saturated heterocycles. The average Bonchev–Trinajstić information content (AvgIpc) is 2.83. The standard InChI is InChI=1S/C12H13BrO3/c13-8-3-1-7(2-4-8)10-5-9-11(16-10)6-15-12(9)14/h1-4,9-12,14H,5-6H2/t9-,10-,11-,12-/m0/s1. The summed E-state index contributed by atoms with van der Waals surface area (Å²) in [5, 5.41) is 9.60. The normalized spacial score (nSPS) is 37.6. The minimum atomic E-state index is -0.648. The molecule has 0 saturated carbocycles. The molecule has 4 atom stereocenters. The number of aliphatic hydroxyl groups is 1. The fourth-order valence-corrected chi connectivity index (χ4v) is 2.70. The van der Waals surface area contributed by atoms with Gasteiger partial charge in [-0.25, -0.2) is 0 Å². The van der Waals surface area contributed by atoms with Crippen molar-refractivity contribution in [2.24, 2.45) is 5.92 Å². The number of aliphatic hydroxyl groups excluding tert-OH is 1. The number of fused-ring (bicyclic) bond motifs is 1. The molecule has 1 aromatic rings. The Morgan fingerprint density at radius 2 is 2.00 bits per heavy atom. The lowest BCUT2D eigenvalue weighted by atomic mass is 9.98. The van der Waals surface area contributed by atoms with Crippen molar-refractivity contribution in [2.45, 2.75) is 24.9 Å². The van der Waals surface area contributed by atoms with E-state index in [-0.39, 0.29) is 18.1 Å². The topological polar surface area (TPSA) is 38.7 Å². The van der Waals surface area contributed by atoms with Crippen molar-refractivity contribution in [1.82, 2.24) is 0 Å². The lowest BCUT2D eigenvalue weighted by Crippen LogP contribution is -2.18. The molecule has 2 heterocycles. The molecule has 0 radical (unpaired) electrons. The van der Waals surface area contributed by atoms with Crippen LogP contribution in [0.3, 0.4) is 0 Å². The van der Waals surface area contributed by atoms with Gasteiger partial charge in [-0.2, -0.15) is 0 Å². The maximum Gasteiger partial charge on any atom is 0.160 e. The third kappa shape index (κ3) is 1.80. The van der Waals surface area contributed by atoms with Crippen LogP contribution in [0.5, 0.6) is 0 Å². The van der Waals surface area contributed by atoms with E-state index in [4.69, 9.17) is 9.47 Å². The SMILES string of the molecule is O[C@H]1OC[C@@H]2O[C@H](c3ccc(Br)cc3)C[C@@H]21. The zero-order valence-electron chi connectivity index (χ0n) is 8.67. The van der Waals surface area contributed by atoms with E-state index in [2.05, 4.69) is 28.1 Å². The van der Waals surface area contributed by atoms with E-state index >= 15 is 0 Å². The van der Waals surface area contributed by atoms with Crippen LogP contribution >= 0.6 is 15.9 Å². The highest BCUT2D eigenvalue weighted by atomic mass is 79.9. The summed E-state index contributed by atoms with van der Waals surface area (Å²) >= 11 is 3.41. The van der Waals surface area contributed by atoms with Crippen LogP contribution in [0, 0.1) is 5.92 Å². The second-order valence-corrected chi connectivity index (χ2v) is 5.25. The summed E-state index contributed by atoms with van der Waals surface area (Å²) in [5.41, 5.74) is 1.17. The van der Waals surface area contributed by atoms with Gasteiger partial charge >= 0.3 is 0 Å². The Hall–Kier alpha value is -0.420. The number of rotatable bonds is 1. The van der Waals surface area contributed by atoms with Crippen LogP contribution in [0.1, 0.15) is 18.1 Å². The highest BCUT2D eigenvalue weighted by Gasteiger charge is 2.45. The number of halogens is 1. The van der Waals surface area contributed by atoms with Gasteiger partial charge in [0.25, 0.3) is 0 Å². The zero-order valence-corrected chi connectivity index (χ0v) is 10.3. The average molecular weight is 285 g/mol. The van der Waals surface area contributed by atoms with Crippen molar-refractivity contribution in [3.05, 3.63) is 34.3 Å². The maximum atomic E-state index is 9.60. The third-order valence-corrected chi connectivity index (χ3v) is 3.87. The van der Waals surface area contributed by atoms with Gasteiger partial charge in [0.2, 0.25) is 0 Å². The fraction of sp³-hybridized carbons (Fsp3) is 0.500. The highest BCUT2D eigenvalue weighted by Crippen LogP contribution is 2.42. The second kappa shape index (κ2) is 4.11. The molecule has 2 aliphatic rings. The third-order valence-electron chi connectivity index (χ3n) is 3.34. The van der Waals surface area contributed by atoms with E-state index in [1.165, 1.54) is 5.56 Å². The first-order valence-electron chi connectivity index (χ1n) is 5.44. The van der Waals surface area contributed by atoms with Crippen LogP contribution in [0.15, 0.2) is 28.7 Å². The summed E-state index contributed by atoms with van der Waals surface area (Å²) in [4.78, 5) is 0. The largest absolute Gasteiger partial charge is 0.368 e. The Bertz CT molecular complexity index is 378. The molecule has 3 rings (SSSR count).